The Balaban J connectivity index is 2.47. The summed E-state index contributed by atoms with van der Waals surface area (Å²) in [6, 6.07) is 0. The number of aromatic amines is 1. The van der Waals surface area contributed by atoms with Crippen LogP contribution in [0, 0.1) is 10.7 Å². The molecular formula is C14H24N4S. The maximum absolute atomic E-state index is 5.14. The van der Waals surface area contributed by atoms with E-state index in [1.165, 1.54) is 12.0 Å². The van der Waals surface area contributed by atoms with E-state index >= 15 is 0 Å². The second kappa shape index (κ2) is 8.04. The van der Waals surface area contributed by atoms with Gasteiger partial charge in [-0.2, -0.15) is 14.9 Å². The lowest BCUT2D eigenvalue weighted by atomic mass is 10.0. The first-order chi connectivity index (χ1) is 9.04. The van der Waals surface area contributed by atoms with Crippen molar-refractivity contribution in [3.8, 4) is 0 Å². The summed E-state index contributed by atoms with van der Waals surface area (Å²) >= 11 is 5.14. The molecule has 0 aliphatic rings. The van der Waals surface area contributed by atoms with Crippen molar-refractivity contribution in [3.05, 3.63) is 22.2 Å². The Morgan fingerprint density at radius 1 is 1.53 bits per heavy atom. The van der Waals surface area contributed by atoms with Crippen LogP contribution in [0.4, 0.5) is 0 Å². The Bertz CT molecular complexity index is 492. The van der Waals surface area contributed by atoms with E-state index < -0.39 is 0 Å². The summed E-state index contributed by atoms with van der Waals surface area (Å²) in [6.07, 6.45) is 8.34. The standard InChI is InChI=1S/C14H24N4S/c1-5-13-16-17-14(19)18(13)15-10-9-12(4)8-6-7-11(2)3/h7,10,12H,5-6,8-9H2,1-4H3,(H,17,19)/b15-10-/t12-/m1/s1. The zero-order chi connectivity index (χ0) is 14.3. The smallest absolute Gasteiger partial charge is 0.216 e. The summed E-state index contributed by atoms with van der Waals surface area (Å²) in [5.74, 6) is 1.50. The van der Waals surface area contributed by atoms with Gasteiger partial charge in [0.25, 0.3) is 0 Å². The predicted molar refractivity (Wildman–Crippen MR) is 83.1 cm³/mol. The fraction of sp³-hybridized carbons (Fsp3) is 0.643. The number of aromatic nitrogens is 3. The molecule has 0 fully saturated rings. The van der Waals surface area contributed by atoms with Crippen molar-refractivity contribution in [1.82, 2.24) is 14.9 Å². The quantitative estimate of drug-likeness (QED) is 0.464. The Hall–Kier alpha value is -1.23. The van der Waals surface area contributed by atoms with Gasteiger partial charge in [0.1, 0.15) is 0 Å². The minimum absolute atomic E-state index is 0.560. The van der Waals surface area contributed by atoms with Gasteiger partial charge in [-0.1, -0.05) is 25.5 Å². The molecule has 0 unspecified atom stereocenters. The van der Waals surface area contributed by atoms with E-state index in [9.17, 15) is 0 Å². The average molecular weight is 280 g/mol. The summed E-state index contributed by atoms with van der Waals surface area (Å²) in [6.45, 7) is 8.57. The largest absolute Gasteiger partial charge is 0.250 e. The van der Waals surface area contributed by atoms with Crippen molar-refractivity contribution in [2.45, 2.75) is 53.4 Å². The first-order valence-electron chi connectivity index (χ1n) is 6.87. The Labute approximate surface area is 120 Å². The number of hydrogen-bond acceptors (Lipinski definition) is 3. The van der Waals surface area contributed by atoms with Crippen LogP contribution in [0.25, 0.3) is 0 Å². The molecule has 0 saturated carbocycles. The summed E-state index contributed by atoms with van der Waals surface area (Å²) < 4.78 is 2.27. The topological polar surface area (TPSA) is 46.0 Å². The van der Waals surface area contributed by atoms with Gasteiger partial charge in [-0.15, -0.1) is 0 Å². The summed E-state index contributed by atoms with van der Waals surface area (Å²) in [4.78, 5) is 0. The lowest BCUT2D eigenvalue weighted by Crippen LogP contribution is -1.99. The zero-order valence-electron chi connectivity index (χ0n) is 12.3. The lowest BCUT2D eigenvalue weighted by Gasteiger charge is -2.06. The van der Waals surface area contributed by atoms with Crippen molar-refractivity contribution in [2.75, 3.05) is 0 Å². The first kappa shape index (κ1) is 15.8. The molecule has 0 amide bonds. The maximum atomic E-state index is 5.14. The second-order valence-electron chi connectivity index (χ2n) is 5.11. The molecule has 0 saturated heterocycles. The lowest BCUT2D eigenvalue weighted by molar-refractivity contribution is 0.561. The fourth-order valence-corrected chi connectivity index (χ4v) is 1.95. The van der Waals surface area contributed by atoms with E-state index in [2.05, 4.69) is 42.1 Å². The van der Waals surface area contributed by atoms with Crippen LogP contribution in [0.15, 0.2) is 16.8 Å². The maximum Gasteiger partial charge on any atom is 0.216 e. The van der Waals surface area contributed by atoms with Crippen LogP contribution in [0.2, 0.25) is 0 Å². The van der Waals surface area contributed by atoms with Crippen LogP contribution < -0.4 is 0 Å². The third kappa shape index (κ3) is 5.51. The minimum Gasteiger partial charge on any atom is -0.250 e. The van der Waals surface area contributed by atoms with Crippen LogP contribution in [0.5, 0.6) is 0 Å². The van der Waals surface area contributed by atoms with E-state index in [4.69, 9.17) is 12.2 Å². The van der Waals surface area contributed by atoms with Crippen molar-refractivity contribution in [1.29, 1.82) is 0 Å². The highest BCUT2D eigenvalue weighted by molar-refractivity contribution is 7.71. The van der Waals surface area contributed by atoms with Gasteiger partial charge < -0.3 is 0 Å². The van der Waals surface area contributed by atoms with E-state index in [0.717, 1.165) is 25.1 Å². The number of nitrogens with zero attached hydrogens (tertiary/aromatic N) is 3. The van der Waals surface area contributed by atoms with E-state index in [1.807, 2.05) is 13.1 Å². The highest BCUT2D eigenvalue weighted by atomic mass is 32.1. The second-order valence-corrected chi connectivity index (χ2v) is 5.49. The number of nitrogens with one attached hydrogen (secondary N) is 1. The number of H-pyrrole nitrogens is 1. The molecule has 1 rings (SSSR count). The molecule has 5 heteroatoms. The summed E-state index contributed by atoms with van der Waals surface area (Å²) in [7, 11) is 0. The minimum atomic E-state index is 0.560. The fourth-order valence-electron chi connectivity index (χ4n) is 1.76. The molecule has 1 N–H and O–H groups in total. The van der Waals surface area contributed by atoms with E-state index in [-0.39, 0.29) is 0 Å². The monoisotopic (exact) mass is 280 g/mol. The van der Waals surface area contributed by atoms with Gasteiger partial charge >= 0.3 is 0 Å². The molecule has 0 aliphatic carbocycles. The van der Waals surface area contributed by atoms with Crippen LogP contribution in [-0.4, -0.2) is 21.1 Å². The highest BCUT2D eigenvalue weighted by Crippen LogP contribution is 2.10. The molecule has 0 spiro atoms. The van der Waals surface area contributed by atoms with Crippen molar-refractivity contribution in [3.63, 3.8) is 0 Å². The van der Waals surface area contributed by atoms with Crippen molar-refractivity contribution in [2.24, 2.45) is 11.0 Å². The third-order valence-electron chi connectivity index (χ3n) is 2.95. The molecule has 1 aromatic rings. The van der Waals surface area contributed by atoms with Crippen LogP contribution in [0.3, 0.4) is 0 Å². The molecule has 19 heavy (non-hydrogen) atoms. The number of aryl methyl sites for hydroxylation is 1. The Morgan fingerprint density at radius 2 is 2.26 bits per heavy atom. The molecule has 1 atom stereocenters. The van der Waals surface area contributed by atoms with Gasteiger partial charge in [-0.3, -0.25) is 5.10 Å². The van der Waals surface area contributed by atoms with Gasteiger partial charge in [0, 0.05) is 12.6 Å². The summed E-state index contributed by atoms with van der Waals surface area (Å²) in [5.41, 5.74) is 1.39. The van der Waals surface area contributed by atoms with E-state index in [1.54, 1.807) is 4.68 Å². The molecule has 106 valence electrons. The number of rotatable bonds is 7. The van der Waals surface area contributed by atoms with Gasteiger partial charge in [0.05, 0.1) is 0 Å². The predicted octanol–water partition coefficient (Wildman–Crippen LogP) is 4.11. The Morgan fingerprint density at radius 3 is 2.89 bits per heavy atom. The van der Waals surface area contributed by atoms with Crippen molar-refractivity contribution < 1.29 is 0 Å². The van der Waals surface area contributed by atoms with Gasteiger partial charge in [0.15, 0.2) is 5.82 Å². The molecule has 0 bridgehead atoms. The molecule has 1 aromatic heterocycles. The van der Waals surface area contributed by atoms with Gasteiger partial charge in [0.2, 0.25) is 4.77 Å². The van der Waals surface area contributed by atoms with Crippen LogP contribution in [-0.2, 0) is 6.42 Å². The Kier molecular flexibility index (Phi) is 6.70. The van der Waals surface area contributed by atoms with Crippen molar-refractivity contribution >= 4 is 18.4 Å². The molecule has 1 heterocycles. The molecule has 0 aromatic carbocycles. The molecule has 0 aliphatic heterocycles. The zero-order valence-corrected chi connectivity index (χ0v) is 13.1. The van der Waals surface area contributed by atoms with Gasteiger partial charge in [-0.05, 0) is 51.2 Å². The molecule has 4 nitrogen and oxygen atoms in total. The first-order valence-corrected chi connectivity index (χ1v) is 7.27. The number of allylic oxidation sites excluding steroid dienone is 2. The highest BCUT2D eigenvalue weighted by Gasteiger charge is 2.02. The van der Waals surface area contributed by atoms with E-state index in [0.29, 0.717) is 10.7 Å². The SMILES string of the molecule is CCc1n[nH]c(=S)n1/N=C\C[C@H](C)CCC=C(C)C. The van der Waals surface area contributed by atoms with Crippen LogP contribution in [0.1, 0.15) is 52.8 Å². The van der Waals surface area contributed by atoms with Crippen LogP contribution >= 0.6 is 12.2 Å². The third-order valence-corrected chi connectivity index (χ3v) is 3.21. The molecule has 0 radical (unpaired) electrons. The number of hydrogen-bond donors (Lipinski definition) is 1. The summed E-state index contributed by atoms with van der Waals surface area (Å²) in [5, 5.41) is 11.3. The van der Waals surface area contributed by atoms with Gasteiger partial charge in [-0.25, -0.2) is 0 Å². The average Bonchev–Trinajstić information content (AvgIpc) is 2.70. The normalized spacial score (nSPS) is 12.8. The molecular weight excluding hydrogens is 256 g/mol.